The van der Waals surface area contributed by atoms with Gasteiger partial charge in [-0.05, 0) is 11.8 Å². The van der Waals surface area contributed by atoms with E-state index in [1.165, 1.54) is 5.54 Å². The molecule has 0 aromatic heterocycles. The molecule has 0 amide bonds. The molecule has 0 saturated heterocycles. The van der Waals surface area contributed by atoms with Gasteiger partial charge in [0.1, 0.15) is 0 Å². The first-order valence-corrected chi connectivity index (χ1v) is 4.78. The fourth-order valence-electron chi connectivity index (χ4n) is 1.00. The summed E-state index contributed by atoms with van der Waals surface area (Å²) in [7, 11) is 0. The fraction of sp³-hybridized carbons (Fsp3) is 0.667. The minimum absolute atomic E-state index is 0.282. The van der Waals surface area contributed by atoms with Gasteiger partial charge in [-0.2, -0.15) is 0 Å². The highest BCUT2D eigenvalue weighted by atomic mass is 35.5. The van der Waals surface area contributed by atoms with E-state index in [-0.39, 0.29) is 11.8 Å². The van der Waals surface area contributed by atoms with E-state index in [2.05, 4.69) is 0 Å². The Morgan fingerprint density at radius 1 is 1.54 bits per heavy atom. The van der Waals surface area contributed by atoms with Crippen LogP contribution in [0.5, 0.6) is 0 Å². The molecule has 0 aromatic carbocycles. The van der Waals surface area contributed by atoms with Crippen LogP contribution in [0.1, 0.15) is 27.2 Å². The molecule has 0 saturated carbocycles. The monoisotopic (exact) mass is 224 g/mol. The first-order valence-electron chi connectivity index (χ1n) is 3.96. The molecule has 13 heavy (non-hydrogen) atoms. The fourth-order valence-corrected chi connectivity index (χ4v) is 1.25. The van der Waals surface area contributed by atoms with Gasteiger partial charge in [0.05, 0.1) is 5.92 Å². The number of halogens is 2. The second-order valence-electron chi connectivity index (χ2n) is 4.02. The van der Waals surface area contributed by atoms with Gasteiger partial charge < -0.3 is 5.11 Å². The molecular formula is C9H14Cl2O2. The lowest BCUT2D eigenvalue weighted by atomic mass is 9.79. The Balaban J connectivity index is 4.56. The van der Waals surface area contributed by atoms with E-state index in [1.54, 1.807) is 0 Å². The molecule has 0 radical (unpaired) electrons. The Morgan fingerprint density at radius 2 is 2.00 bits per heavy atom. The zero-order valence-corrected chi connectivity index (χ0v) is 9.49. The Morgan fingerprint density at radius 3 is 2.23 bits per heavy atom. The summed E-state index contributed by atoms with van der Waals surface area (Å²) in [4.78, 5) is 10.9. The van der Waals surface area contributed by atoms with E-state index < -0.39 is 11.9 Å². The highest BCUT2D eigenvalue weighted by Gasteiger charge is 2.31. The van der Waals surface area contributed by atoms with E-state index in [0.717, 1.165) is 0 Å². The quantitative estimate of drug-likeness (QED) is 0.798. The third-order valence-corrected chi connectivity index (χ3v) is 2.50. The van der Waals surface area contributed by atoms with E-state index >= 15 is 0 Å². The summed E-state index contributed by atoms with van der Waals surface area (Å²) in [5, 5.41) is 9.30. The maximum absolute atomic E-state index is 10.9. The van der Waals surface area contributed by atoms with Crippen LogP contribution < -0.4 is 0 Å². The van der Waals surface area contributed by atoms with Gasteiger partial charge in [-0.15, -0.1) is 0 Å². The number of carboxylic acid groups (broad SMARTS) is 1. The number of allylic oxidation sites excluding steroid dienone is 1. The molecule has 0 bridgehead atoms. The van der Waals surface area contributed by atoms with E-state index in [0.29, 0.717) is 5.03 Å². The van der Waals surface area contributed by atoms with Crippen LogP contribution in [0, 0.1) is 11.3 Å². The summed E-state index contributed by atoms with van der Waals surface area (Å²) in [6, 6.07) is 0. The second kappa shape index (κ2) is 4.87. The van der Waals surface area contributed by atoms with Gasteiger partial charge in [0, 0.05) is 10.6 Å². The van der Waals surface area contributed by atoms with Crippen molar-refractivity contribution in [2.75, 3.05) is 0 Å². The van der Waals surface area contributed by atoms with Gasteiger partial charge in [0.15, 0.2) is 0 Å². The molecule has 0 fully saturated rings. The number of rotatable bonds is 3. The molecule has 4 heteroatoms. The molecule has 1 atom stereocenters. The standard InChI is InChI=1S/C9H14Cl2O2/c1-9(2,3)7(8(12)13)4-6(11)5-10/h5,7H,4H2,1-3H3,(H,12,13). The first kappa shape index (κ1) is 12.8. The molecule has 0 aliphatic rings. The molecule has 2 nitrogen and oxygen atoms in total. The van der Waals surface area contributed by atoms with Crippen LogP contribution in [0.15, 0.2) is 10.6 Å². The molecule has 1 unspecified atom stereocenters. The minimum Gasteiger partial charge on any atom is -0.481 e. The van der Waals surface area contributed by atoms with Gasteiger partial charge in [-0.3, -0.25) is 4.79 Å². The molecule has 0 aliphatic carbocycles. The van der Waals surface area contributed by atoms with Crippen molar-refractivity contribution in [3.05, 3.63) is 10.6 Å². The Bertz CT molecular complexity index is 216. The van der Waals surface area contributed by atoms with Crippen LogP contribution >= 0.6 is 23.2 Å². The van der Waals surface area contributed by atoms with Gasteiger partial charge in [0.25, 0.3) is 0 Å². The highest BCUT2D eigenvalue weighted by Crippen LogP contribution is 2.32. The van der Waals surface area contributed by atoms with E-state index in [1.807, 2.05) is 20.8 Å². The van der Waals surface area contributed by atoms with Crippen LogP contribution in [0.4, 0.5) is 0 Å². The van der Waals surface area contributed by atoms with E-state index in [4.69, 9.17) is 28.3 Å². The van der Waals surface area contributed by atoms with Gasteiger partial charge in [0.2, 0.25) is 0 Å². The Kier molecular flexibility index (Phi) is 4.79. The predicted molar refractivity (Wildman–Crippen MR) is 55.0 cm³/mol. The van der Waals surface area contributed by atoms with E-state index in [9.17, 15) is 4.79 Å². The highest BCUT2D eigenvalue weighted by molar-refractivity contribution is 6.36. The Hall–Kier alpha value is -0.210. The number of hydrogen-bond acceptors (Lipinski definition) is 1. The van der Waals surface area contributed by atoms with Crippen LogP contribution in [0.3, 0.4) is 0 Å². The van der Waals surface area contributed by atoms with Crippen LogP contribution in [-0.2, 0) is 4.79 Å². The van der Waals surface area contributed by atoms with Crippen molar-refractivity contribution in [2.45, 2.75) is 27.2 Å². The molecule has 0 aliphatic heterocycles. The van der Waals surface area contributed by atoms with Crippen molar-refractivity contribution >= 4 is 29.2 Å². The summed E-state index contributed by atoms with van der Waals surface area (Å²) in [5.41, 5.74) is 0.898. The molecule has 76 valence electrons. The van der Waals surface area contributed by atoms with Crippen LogP contribution in [0.25, 0.3) is 0 Å². The number of hydrogen-bond donors (Lipinski definition) is 1. The number of aliphatic carboxylic acids is 1. The summed E-state index contributed by atoms with van der Waals surface area (Å²) in [5.74, 6) is -1.35. The smallest absolute Gasteiger partial charge is 0.307 e. The lowest BCUT2D eigenvalue weighted by Crippen LogP contribution is -2.28. The van der Waals surface area contributed by atoms with Crippen LogP contribution in [0.2, 0.25) is 0 Å². The van der Waals surface area contributed by atoms with Gasteiger partial charge in [-0.25, -0.2) is 0 Å². The van der Waals surface area contributed by atoms with Crippen molar-refractivity contribution in [3.8, 4) is 0 Å². The maximum atomic E-state index is 10.9. The summed E-state index contributed by atoms with van der Waals surface area (Å²) in [6.07, 6.45) is 0.282. The topological polar surface area (TPSA) is 37.3 Å². The third-order valence-electron chi connectivity index (χ3n) is 1.86. The summed E-state index contributed by atoms with van der Waals surface area (Å²) in [6.45, 7) is 5.60. The summed E-state index contributed by atoms with van der Waals surface area (Å²) < 4.78 is 0. The second-order valence-corrected chi connectivity index (χ2v) is 4.72. The average Bonchev–Trinajstić information content (AvgIpc) is 1.96. The Labute approximate surface area is 88.5 Å². The van der Waals surface area contributed by atoms with Crippen LogP contribution in [-0.4, -0.2) is 11.1 Å². The molecule has 0 rings (SSSR count). The van der Waals surface area contributed by atoms with Gasteiger partial charge >= 0.3 is 5.97 Å². The SMILES string of the molecule is CC(C)(C)C(CC(Cl)=CCl)C(=O)O. The maximum Gasteiger partial charge on any atom is 0.307 e. The van der Waals surface area contributed by atoms with Crippen molar-refractivity contribution in [3.63, 3.8) is 0 Å². The lowest BCUT2D eigenvalue weighted by Gasteiger charge is -2.26. The lowest BCUT2D eigenvalue weighted by molar-refractivity contribution is -0.145. The first-order chi connectivity index (χ1) is 5.79. The normalized spacial score (nSPS) is 15.6. The number of carboxylic acids is 1. The predicted octanol–water partition coefficient (Wildman–Crippen LogP) is 3.44. The minimum atomic E-state index is -0.843. The molecule has 0 heterocycles. The van der Waals surface area contributed by atoms with Crippen molar-refractivity contribution in [1.82, 2.24) is 0 Å². The zero-order chi connectivity index (χ0) is 10.6. The molecule has 1 N–H and O–H groups in total. The molecule has 0 spiro atoms. The van der Waals surface area contributed by atoms with Crippen molar-refractivity contribution in [1.29, 1.82) is 0 Å². The average molecular weight is 225 g/mol. The third kappa shape index (κ3) is 4.53. The number of carbonyl (C=O) groups is 1. The van der Waals surface area contributed by atoms with Crippen molar-refractivity contribution < 1.29 is 9.90 Å². The molecule has 0 aromatic rings. The molecular weight excluding hydrogens is 211 g/mol. The van der Waals surface area contributed by atoms with Gasteiger partial charge in [-0.1, -0.05) is 44.0 Å². The van der Waals surface area contributed by atoms with Crippen molar-refractivity contribution in [2.24, 2.45) is 11.3 Å². The largest absolute Gasteiger partial charge is 0.481 e. The zero-order valence-electron chi connectivity index (χ0n) is 7.97. The summed E-state index contributed by atoms with van der Waals surface area (Å²) >= 11 is 11.0.